The summed E-state index contributed by atoms with van der Waals surface area (Å²) in [6, 6.07) is 23.4. The number of benzene rings is 3. The lowest BCUT2D eigenvalue weighted by molar-refractivity contribution is -0.128. The standard InChI is InChI=1S/C19H24N2O3.C17H19NO4.C16H19NO3/c1-19(2,3)24-18(23)21-15-10-12-8-6-7-9-13(12)16(15)14(17(21)22)11-20(4)5;1-17(2,3)22-16(21)18-13-8-10-6-4-5-7-11(10)14(13)12(9-19)15(18)20;1-16(2,3)20-15(19)17-13-8-10-6-4-5-7-11(10)12(13)9-14(17)18/h6-9,11,15-16H,10H2,1-5H3;4-7,9,13-14,19H,8H2,1-3H3;4-7,12-13H,8-9H2,1-3H3/b14-11+;12-9+;. The first-order valence-electron chi connectivity index (χ1n) is 22.5. The molecule has 6 amide bonds. The number of aliphatic hydroxyl groups is 1. The summed E-state index contributed by atoms with van der Waals surface area (Å²) in [5.41, 5.74) is 5.87. The number of aliphatic hydroxyl groups excluding tert-OH is 1. The summed E-state index contributed by atoms with van der Waals surface area (Å²) in [6.07, 6.45) is 3.34. The number of hydrogen-bond donors (Lipinski definition) is 1. The molecule has 3 aliphatic carbocycles. The lowest BCUT2D eigenvalue weighted by Gasteiger charge is -2.26. The van der Waals surface area contributed by atoms with E-state index in [0.29, 0.717) is 24.8 Å². The molecule has 350 valence electrons. The van der Waals surface area contributed by atoms with Gasteiger partial charge >= 0.3 is 18.3 Å². The van der Waals surface area contributed by atoms with Crippen molar-refractivity contribution in [2.75, 3.05) is 14.1 Å². The van der Waals surface area contributed by atoms with Gasteiger partial charge in [-0.15, -0.1) is 0 Å². The van der Waals surface area contributed by atoms with Crippen molar-refractivity contribution in [3.63, 3.8) is 0 Å². The minimum atomic E-state index is -0.677. The molecule has 0 radical (unpaired) electrons. The molecular formula is C52H62N4O10. The van der Waals surface area contributed by atoms with Crippen LogP contribution in [0.5, 0.6) is 0 Å². The Kier molecular flexibility index (Phi) is 12.8. The van der Waals surface area contributed by atoms with E-state index in [1.54, 1.807) is 20.8 Å². The minimum Gasteiger partial charge on any atom is -0.515 e. The predicted molar refractivity (Wildman–Crippen MR) is 246 cm³/mol. The zero-order chi connectivity index (χ0) is 48.2. The van der Waals surface area contributed by atoms with E-state index in [4.69, 9.17) is 14.2 Å². The molecule has 3 heterocycles. The molecule has 3 aromatic rings. The van der Waals surface area contributed by atoms with Gasteiger partial charge in [0.1, 0.15) is 16.8 Å². The Balaban J connectivity index is 0.000000148. The average molecular weight is 903 g/mol. The molecule has 66 heavy (non-hydrogen) atoms. The van der Waals surface area contributed by atoms with Gasteiger partial charge in [-0.1, -0.05) is 72.8 Å². The number of carbonyl (C=O) groups is 6. The van der Waals surface area contributed by atoms with E-state index in [9.17, 15) is 33.9 Å². The average Bonchev–Trinajstić information content (AvgIpc) is 4.02. The van der Waals surface area contributed by atoms with Crippen molar-refractivity contribution in [1.29, 1.82) is 0 Å². The fraction of sp³-hybridized carbons (Fsp3) is 0.462. The van der Waals surface area contributed by atoms with Gasteiger partial charge in [0.15, 0.2) is 0 Å². The van der Waals surface area contributed by atoms with Crippen LogP contribution in [0.1, 0.15) is 120 Å². The summed E-state index contributed by atoms with van der Waals surface area (Å²) in [4.78, 5) is 80.5. The van der Waals surface area contributed by atoms with Gasteiger partial charge in [0.05, 0.1) is 30.0 Å². The number of carbonyl (C=O) groups excluding carboxylic acids is 6. The van der Waals surface area contributed by atoms with Crippen molar-refractivity contribution in [1.82, 2.24) is 19.6 Å². The quantitative estimate of drug-likeness (QED) is 0.141. The van der Waals surface area contributed by atoms with E-state index in [2.05, 4.69) is 24.3 Å². The van der Waals surface area contributed by atoms with Crippen molar-refractivity contribution in [3.05, 3.63) is 130 Å². The minimum absolute atomic E-state index is 0.0743. The molecule has 0 bridgehead atoms. The summed E-state index contributed by atoms with van der Waals surface area (Å²) >= 11 is 0. The molecule has 1 N–H and O–H groups in total. The third kappa shape index (κ3) is 9.45. The Labute approximate surface area is 387 Å². The normalized spacial score (nSPS) is 24.7. The maximum Gasteiger partial charge on any atom is 0.417 e. The molecule has 0 saturated carbocycles. The fourth-order valence-electron chi connectivity index (χ4n) is 10.0. The number of rotatable bonds is 1. The number of likely N-dealkylation sites (tertiary alicyclic amines) is 3. The van der Waals surface area contributed by atoms with Gasteiger partial charge in [0, 0.05) is 50.0 Å². The molecule has 3 fully saturated rings. The topological polar surface area (TPSA) is 163 Å². The first kappa shape index (κ1) is 47.5. The predicted octanol–water partition coefficient (Wildman–Crippen LogP) is 8.69. The molecule has 0 aromatic heterocycles. The van der Waals surface area contributed by atoms with Crippen LogP contribution < -0.4 is 0 Å². The second kappa shape index (κ2) is 17.7. The van der Waals surface area contributed by atoms with Crippen LogP contribution in [0.2, 0.25) is 0 Å². The van der Waals surface area contributed by atoms with Crippen LogP contribution in [0.25, 0.3) is 0 Å². The zero-order valence-electron chi connectivity index (χ0n) is 39.8. The molecule has 14 nitrogen and oxygen atoms in total. The van der Waals surface area contributed by atoms with Crippen molar-refractivity contribution in [3.8, 4) is 0 Å². The van der Waals surface area contributed by atoms with E-state index in [1.807, 2.05) is 115 Å². The Morgan fingerprint density at radius 3 is 1.33 bits per heavy atom. The van der Waals surface area contributed by atoms with Gasteiger partial charge in [0.25, 0.3) is 11.8 Å². The van der Waals surface area contributed by atoms with Crippen LogP contribution in [0.15, 0.2) is 96.4 Å². The Morgan fingerprint density at radius 2 is 0.909 bits per heavy atom. The monoisotopic (exact) mass is 902 g/mol. The number of ether oxygens (including phenoxy) is 3. The molecule has 6 atom stereocenters. The van der Waals surface area contributed by atoms with Gasteiger partial charge in [-0.05, 0) is 115 Å². The Bertz CT molecular complexity index is 2510. The third-order valence-corrected chi connectivity index (χ3v) is 12.3. The van der Waals surface area contributed by atoms with E-state index in [-0.39, 0.29) is 53.3 Å². The van der Waals surface area contributed by atoms with Gasteiger partial charge < -0.3 is 24.2 Å². The SMILES string of the molecule is CC(C)(C)OC(=O)N1C(=O)/C(=C/O)C2c3ccccc3CC21.CC(C)(C)OC(=O)N1C(=O)CC2c3ccccc3CC21.CN(C)/C=C1/C(=O)N(C(=O)OC(C)(C)C)C2Cc3ccccc3C12. The zero-order valence-corrected chi connectivity index (χ0v) is 39.8. The van der Waals surface area contributed by atoms with Crippen LogP contribution in [0.3, 0.4) is 0 Å². The number of amides is 6. The summed E-state index contributed by atoms with van der Waals surface area (Å²) in [5, 5.41) is 9.48. The summed E-state index contributed by atoms with van der Waals surface area (Å²) in [7, 11) is 3.76. The molecule has 3 aliphatic heterocycles. The highest BCUT2D eigenvalue weighted by Crippen LogP contribution is 2.49. The van der Waals surface area contributed by atoms with E-state index in [1.165, 1.54) is 26.5 Å². The molecule has 3 aromatic carbocycles. The Hall–Kier alpha value is -6.44. The van der Waals surface area contributed by atoms with E-state index < -0.39 is 41.0 Å². The highest BCUT2D eigenvalue weighted by atomic mass is 16.6. The molecular weight excluding hydrogens is 841 g/mol. The van der Waals surface area contributed by atoms with Gasteiger partial charge in [-0.3, -0.25) is 14.4 Å². The molecule has 0 spiro atoms. The second-order valence-electron chi connectivity index (χ2n) is 20.9. The smallest absolute Gasteiger partial charge is 0.417 e. The largest absolute Gasteiger partial charge is 0.515 e. The van der Waals surface area contributed by atoms with E-state index >= 15 is 0 Å². The van der Waals surface area contributed by atoms with Crippen molar-refractivity contribution < 1.29 is 48.1 Å². The van der Waals surface area contributed by atoms with E-state index in [0.717, 1.165) is 34.3 Å². The number of hydrogen-bond acceptors (Lipinski definition) is 11. The van der Waals surface area contributed by atoms with Crippen molar-refractivity contribution in [2.24, 2.45) is 0 Å². The van der Waals surface area contributed by atoms with Crippen LogP contribution in [0.4, 0.5) is 14.4 Å². The van der Waals surface area contributed by atoms with Gasteiger partial charge in [-0.25, -0.2) is 29.1 Å². The lowest BCUT2D eigenvalue weighted by Crippen LogP contribution is -2.43. The fourth-order valence-corrected chi connectivity index (χ4v) is 10.0. The number of nitrogens with zero attached hydrogens (tertiary/aromatic N) is 4. The number of fused-ring (bicyclic) bond motifs is 9. The highest BCUT2D eigenvalue weighted by Gasteiger charge is 2.54. The maximum atomic E-state index is 12.9. The number of imide groups is 3. The van der Waals surface area contributed by atoms with Crippen molar-refractivity contribution >= 4 is 36.0 Å². The molecule has 9 rings (SSSR count). The van der Waals surface area contributed by atoms with Crippen LogP contribution in [0, 0.1) is 0 Å². The van der Waals surface area contributed by atoms with Crippen LogP contribution in [-0.4, -0.2) is 110 Å². The molecule has 3 saturated heterocycles. The first-order chi connectivity index (χ1) is 30.9. The second-order valence-corrected chi connectivity index (χ2v) is 20.9. The van der Waals surface area contributed by atoms with Gasteiger partial charge in [0.2, 0.25) is 5.91 Å². The summed E-state index contributed by atoms with van der Waals surface area (Å²) in [6.45, 7) is 16.1. The van der Waals surface area contributed by atoms with Crippen LogP contribution in [-0.2, 0) is 47.9 Å². The molecule has 14 heteroatoms. The third-order valence-electron chi connectivity index (χ3n) is 12.3. The lowest BCUT2D eigenvalue weighted by atomic mass is 9.94. The molecule has 6 unspecified atom stereocenters. The molecule has 6 aliphatic rings. The summed E-state index contributed by atoms with van der Waals surface area (Å²) in [5.74, 6) is -1.07. The van der Waals surface area contributed by atoms with Crippen molar-refractivity contribution in [2.45, 2.75) is 141 Å². The first-order valence-corrected chi connectivity index (χ1v) is 22.5. The summed E-state index contributed by atoms with van der Waals surface area (Å²) < 4.78 is 16.2. The van der Waals surface area contributed by atoms with Gasteiger partial charge in [-0.2, -0.15) is 0 Å². The Morgan fingerprint density at radius 1 is 0.545 bits per heavy atom. The van der Waals surface area contributed by atoms with Crippen LogP contribution >= 0.6 is 0 Å². The highest BCUT2D eigenvalue weighted by molar-refractivity contribution is 6.08. The maximum absolute atomic E-state index is 12.9.